The van der Waals surface area contributed by atoms with Crippen LogP contribution in [0.3, 0.4) is 0 Å². The topological polar surface area (TPSA) is 299 Å². The van der Waals surface area contributed by atoms with Gasteiger partial charge in [0.15, 0.2) is 0 Å². The Hall–Kier alpha value is -4.29. The number of carboxylic acids is 4. The quantitative estimate of drug-likeness (QED) is 0.0300. The van der Waals surface area contributed by atoms with Crippen molar-refractivity contribution in [2.75, 3.05) is 90.8 Å². The number of aliphatic carboxylic acids is 4. The summed E-state index contributed by atoms with van der Waals surface area (Å²) in [5.41, 5.74) is 0. The lowest BCUT2D eigenvalue weighted by molar-refractivity contribution is -0.235. The predicted octanol–water partition coefficient (Wildman–Crippen LogP) is -1.45. The SMILES string of the molecule is O=C(O)CN1CCN(CC(=O)O)CCN(CC(=O)O)C(CC2CCC(NC(=O)CN(CC(=O)OO)C(=O)CCCCC3SCC4NC(=O)NC43)CC2)CN(CC(=O)O)CC1. The molecule has 0 aromatic heterocycles. The van der Waals surface area contributed by atoms with E-state index < -0.39 is 60.8 Å². The number of amides is 4. The summed E-state index contributed by atoms with van der Waals surface area (Å²) >= 11 is 1.76. The molecule has 3 saturated heterocycles. The first kappa shape index (κ1) is 48.4. The van der Waals surface area contributed by atoms with Crippen LogP contribution in [0.2, 0.25) is 0 Å². The summed E-state index contributed by atoms with van der Waals surface area (Å²) in [7, 11) is 0. The highest BCUT2D eigenvalue weighted by atomic mass is 32.2. The van der Waals surface area contributed by atoms with E-state index in [-0.39, 0.29) is 114 Å². The van der Waals surface area contributed by atoms with Gasteiger partial charge in [-0.1, -0.05) is 6.42 Å². The summed E-state index contributed by atoms with van der Waals surface area (Å²) in [6.07, 6.45) is 4.90. The average Bonchev–Trinajstić information content (AvgIpc) is 3.73. The summed E-state index contributed by atoms with van der Waals surface area (Å²) in [6, 6.07) is -0.755. The van der Waals surface area contributed by atoms with Gasteiger partial charge >= 0.3 is 35.9 Å². The van der Waals surface area contributed by atoms with Gasteiger partial charge < -0.3 is 41.3 Å². The molecule has 3 aliphatic heterocycles. The van der Waals surface area contributed by atoms with Crippen molar-refractivity contribution in [3.05, 3.63) is 0 Å². The maximum Gasteiger partial charge on any atom is 0.361 e. The van der Waals surface area contributed by atoms with Gasteiger partial charge in [-0.3, -0.25) is 53.3 Å². The van der Waals surface area contributed by atoms with E-state index in [0.29, 0.717) is 44.9 Å². The lowest BCUT2D eigenvalue weighted by Crippen LogP contribution is -2.53. The monoisotopic (exact) mass is 872 g/mol. The third kappa shape index (κ3) is 16.6. The number of unbranched alkanes of at least 4 members (excludes halogenated alkanes) is 1. The van der Waals surface area contributed by atoms with E-state index in [9.17, 15) is 58.8 Å². The zero-order chi connectivity index (χ0) is 43.8. The number of nitrogens with one attached hydrogen (secondary N) is 3. The maximum absolute atomic E-state index is 13.2. The number of thioether (sulfide) groups is 1. The normalized spacial score (nSPS) is 26.1. The summed E-state index contributed by atoms with van der Waals surface area (Å²) in [6.45, 7) is -1.07. The molecule has 1 saturated carbocycles. The maximum atomic E-state index is 13.2. The van der Waals surface area contributed by atoms with Gasteiger partial charge in [0.1, 0.15) is 13.1 Å². The number of carbonyl (C=O) groups is 8. The van der Waals surface area contributed by atoms with E-state index in [4.69, 9.17) is 5.26 Å². The minimum Gasteiger partial charge on any atom is -0.480 e. The van der Waals surface area contributed by atoms with Crippen molar-refractivity contribution in [2.24, 2.45) is 5.92 Å². The summed E-state index contributed by atoms with van der Waals surface area (Å²) < 4.78 is 0. The number of nitrogens with zero attached hydrogens (tertiary/aromatic N) is 5. The largest absolute Gasteiger partial charge is 0.480 e. The van der Waals surface area contributed by atoms with E-state index in [1.165, 1.54) is 0 Å². The fourth-order valence-corrected chi connectivity index (χ4v) is 10.1. The smallest absolute Gasteiger partial charge is 0.361 e. The van der Waals surface area contributed by atoms with Gasteiger partial charge in [-0.15, -0.1) is 0 Å². The van der Waals surface area contributed by atoms with Crippen LogP contribution in [0.5, 0.6) is 0 Å². The Morgan fingerprint density at radius 1 is 0.750 bits per heavy atom. The van der Waals surface area contributed by atoms with E-state index in [1.807, 2.05) is 0 Å². The number of rotatable bonds is 20. The molecule has 22 nitrogen and oxygen atoms in total. The molecule has 4 unspecified atom stereocenters. The van der Waals surface area contributed by atoms with Gasteiger partial charge in [-0.05, 0) is 50.9 Å². The second-order valence-electron chi connectivity index (χ2n) is 16.1. The van der Waals surface area contributed by atoms with Crippen molar-refractivity contribution in [1.82, 2.24) is 40.4 Å². The van der Waals surface area contributed by atoms with Crippen LogP contribution < -0.4 is 16.0 Å². The Labute approximate surface area is 352 Å². The summed E-state index contributed by atoms with van der Waals surface area (Å²) in [5, 5.41) is 56.5. The van der Waals surface area contributed by atoms with Gasteiger partial charge in [0.25, 0.3) is 0 Å². The Morgan fingerprint density at radius 3 is 1.93 bits per heavy atom. The fourth-order valence-electron chi connectivity index (χ4n) is 8.60. The molecule has 0 radical (unpaired) electrons. The second-order valence-corrected chi connectivity index (χ2v) is 17.4. The molecule has 338 valence electrons. The average molecular weight is 873 g/mol. The van der Waals surface area contributed by atoms with Crippen LogP contribution in [0, 0.1) is 5.92 Å². The van der Waals surface area contributed by atoms with Gasteiger partial charge in [0, 0.05) is 75.3 Å². The first-order valence-corrected chi connectivity index (χ1v) is 21.5. The van der Waals surface area contributed by atoms with E-state index in [0.717, 1.165) is 17.1 Å². The standard InChI is InChI=1S/C37H60N8O14S/c46-29(17-45(22-35(56)59-58)30(47)4-2-1-3-28-36-27(23-60-28)39-37(57)40-36)38-25-7-5-24(6-8-25)15-26-16-43(20-33(52)53)12-11-41(18-31(48)49)9-10-42(19-32(50)51)13-14-44(26)21-34(54)55/h24-28,36,58H,1-23H2,(H,38,46)(H,48,49)(H,50,51)(H,52,53)(H,54,55)(H2,39,40,57). The lowest BCUT2D eigenvalue weighted by atomic mass is 9.82. The van der Waals surface area contributed by atoms with E-state index in [1.54, 1.807) is 31.4 Å². The van der Waals surface area contributed by atoms with Crippen LogP contribution in [0.1, 0.15) is 57.8 Å². The van der Waals surface area contributed by atoms with Gasteiger partial charge in [-0.2, -0.15) is 17.0 Å². The Bertz CT molecular complexity index is 1520. The number of fused-ring (bicyclic) bond motifs is 1. The first-order valence-electron chi connectivity index (χ1n) is 20.5. The van der Waals surface area contributed by atoms with Crippen LogP contribution >= 0.6 is 11.8 Å². The molecular formula is C37H60N8O14S. The van der Waals surface area contributed by atoms with Crippen LogP contribution in [-0.2, 0) is 38.4 Å². The Morgan fingerprint density at radius 2 is 1.33 bits per heavy atom. The van der Waals surface area contributed by atoms with Crippen LogP contribution in [0.25, 0.3) is 0 Å². The van der Waals surface area contributed by atoms with Crippen LogP contribution in [-0.4, -0.2) is 218 Å². The zero-order valence-electron chi connectivity index (χ0n) is 33.8. The van der Waals surface area contributed by atoms with Crippen molar-refractivity contribution in [3.8, 4) is 0 Å². The highest BCUT2D eigenvalue weighted by molar-refractivity contribution is 8.00. The molecule has 0 bridgehead atoms. The van der Waals surface area contributed by atoms with Crippen molar-refractivity contribution in [3.63, 3.8) is 0 Å². The fraction of sp³-hybridized carbons (Fsp3) is 0.784. The van der Waals surface area contributed by atoms with Crippen molar-refractivity contribution < 1.29 is 68.9 Å². The molecule has 4 fully saturated rings. The van der Waals surface area contributed by atoms with Gasteiger partial charge in [-0.25, -0.2) is 9.59 Å². The lowest BCUT2D eigenvalue weighted by Gasteiger charge is -2.40. The number of carbonyl (C=O) groups excluding carboxylic acids is 4. The molecule has 4 amide bonds. The van der Waals surface area contributed by atoms with Crippen molar-refractivity contribution in [2.45, 2.75) is 87.2 Å². The summed E-state index contributed by atoms with van der Waals surface area (Å²) in [4.78, 5) is 109. The first-order chi connectivity index (χ1) is 28.6. The van der Waals surface area contributed by atoms with E-state index in [2.05, 4.69) is 20.8 Å². The molecule has 23 heteroatoms. The van der Waals surface area contributed by atoms with Crippen LogP contribution in [0.4, 0.5) is 4.79 Å². The molecule has 60 heavy (non-hydrogen) atoms. The minimum atomic E-state index is -1.10. The molecule has 4 atom stereocenters. The molecule has 4 aliphatic rings. The predicted molar refractivity (Wildman–Crippen MR) is 213 cm³/mol. The molecule has 8 N–H and O–H groups in total. The van der Waals surface area contributed by atoms with E-state index >= 15 is 0 Å². The molecule has 1 aliphatic carbocycles. The number of hydrogen-bond donors (Lipinski definition) is 8. The number of urea groups is 1. The molecule has 4 rings (SSSR count). The van der Waals surface area contributed by atoms with Crippen molar-refractivity contribution >= 4 is 59.5 Å². The van der Waals surface area contributed by atoms with Gasteiger partial charge in [0.2, 0.25) is 11.8 Å². The second kappa shape index (κ2) is 24.2. The minimum absolute atomic E-state index is 0.0388. The molecule has 0 aromatic rings. The third-order valence-electron chi connectivity index (χ3n) is 11.6. The zero-order valence-corrected chi connectivity index (χ0v) is 34.6. The summed E-state index contributed by atoms with van der Waals surface area (Å²) in [5.74, 6) is -5.51. The van der Waals surface area contributed by atoms with Crippen LogP contribution in [0.15, 0.2) is 0 Å². The Balaban J connectivity index is 1.34. The third-order valence-corrected chi connectivity index (χ3v) is 13.1. The number of carboxylic acid groups (broad SMARTS) is 4. The number of hydrogen-bond acceptors (Lipinski definition) is 15. The molecule has 0 aromatic carbocycles. The molecule has 0 spiro atoms. The molecule has 3 heterocycles. The molecular weight excluding hydrogens is 813 g/mol. The highest BCUT2D eigenvalue weighted by Gasteiger charge is 2.42. The Kier molecular flexibility index (Phi) is 19.5. The van der Waals surface area contributed by atoms with Crippen molar-refractivity contribution in [1.29, 1.82) is 0 Å². The van der Waals surface area contributed by atoms with Gasteiger partial charge in [0.05, 0.1) is 38.3 Å². The highest BCUT2D eigenvalue weighted by Crippen LogP contribution is 2.33.